The smallest absolute Gasteiger partial charge is 0.265 e. The van der Waals surface area contributed by atoms with Crippen molar-refractivity contribution < 1.29 is 9.53 Å². The van der Waals surface area contributed by atoms with Crippen LogP contribution in [0.2, 0.25) is 0 Å². The third-order valence-electron chi connectivity index (χ3n) is 4.13. The Hall–Kier alpha value is -2.29. The molecule has 0 heterocycles. The van der Waals surface area contributed by atoms with Crippen LogP contribution in [0.5, 0.6) is 5.75 Å². The SMILES string of the molecule is CC[C@H](Oc1cccc(C)c1C)C(=O)Nc1ccc(C)cc1C. The van der Waals surface area contributed by atoms with Crippen molar-refractivity contribution in [2.75, 3.05) is 5.32 Å². The summed E-state index contributed by atoms with van der Waals surface area (Å²) in [7, 11) is 0. The monoisotopic (exact) mass is 311 g/mol. The summed E-state index contributed by atoms with van der Waals surface area (Å²) in [6, 6.07) is 11.9. The summed E-state index contributed by atoms with van der Waals surface area (Å²) < 4.78 is 5.96. The summed E-state index contributed by atoms with van der Waals surface area (Å²) in [5.41, 5.74) is 5.31. The molecule has 3 nitrogen and oxygen atoms in total. The lowest BCUT2D eigenvalue weighted by Gasteiger charge is -2.20. The molecule has 0 saturated carbocycles. The highest BCUT2D eigenvalue weighted by Crippen LogP contribution is 2.23. The zero-order chi connectivity index (χ0) is 17.0. The Labute approximate surface area is 138 Å². The number of aryl methyl sites for hydroxylation is 3. The first-order valence-electron chi connectivity index (χ1n) is 8.03. The molecule has 1 N–H and O–H groups in total. The lowest BCUT2D eigenvalue weighted by atomic mass is 10.1. The predicted molar refractivity (Wildman–Crippen MR) is 95.2 cm³/mol. The van der Waals surface area contributed by atoms with Crippen molar-refractivity contribution in [2.24, 2.45) is 0 Å². The van der Waals surface area contributed by atoms with Gasteiger partial charge in [-0.2, -0.15) is 0 Å². The van der Waals surface area contributed by atoms with E-state index in [1.807, 2.05) is 65.0 Å². The molecule has 0 spiro atoms. The molecule has 1 amide bonds. The van der Waals surface area contributed by atoms with Crippen LogP contribution in [0, 0.1) is 27.7 Å². The summed E-state index contributed by atoms with van der Waals surface area (Å²) >= 11 is 0. The Balaban J connectivity index is 2.14. The van der Waals surface area contributed by atoms with Gasteiger partial charge in [0, 0.05) is 5.69 Å². The summed E-state index contributed by atoms with van der Waals surface area (Å²) in [6.07, 6.45) is 0.112. The average Bonchev–Trinajstić information content (AvgIpc) is 2.51. The second kappa shape index (κ2) is 7.32. The molecule has 0 aliphatic carbocycles. The van der Waals surface area contributed by atoms with Crippen LogP contribution in [0.4, 0.5) is 5.69 Å². The van der Waals surface area contributed by atoms with E-state index in [-0.39, 0.29) is 5.91 Å². The van der Waals surface area contributed by atoms with Crippen LogP contribution in [0.3, 0.4) is 0 Å². The maximum absolute atomic E-state index is 12.5. The first-order valence-corrected chi connectivity index (χ1v) is 8.03. The fraction of sp³-hybridized carbons (Fsp3) is 0.350. The van der Waals surface area contributed by atoms with E-state index >= 15 is 0 Å². The second-order valence-corrected chi connectivity index (χ2v) is 6.02. The lowest BCUT2D eigenvalue weighted by molar-refractivity contribution is -0.122. The summed E-state index contributed by atoms with van der Waals surface area (Å²) in [5.74, 6) is 0.660. The number of anilines is 1. The molecule has 0 fully saturated rings. The first kappa shape index (κ1) is 17.1. The topological polar surface area (TPSA) is 38.3 Å². The standard InChI is InChI=1S/C20H25NO2/c1-6-18(23-19-9-7-8-14(3)16(19)5)20(22)21-17-11-10-13(2)12-15(17)4/h7-12,18H,6H2,1-5H3,(H,21,22)/t18-/m0/s1. The number of rotatable bonds is 5. The van der Waals surface area contributed by atoms with Gasteiger partial charge >= 0.3 is 0 Å². The predicted octanol–water partition coefficient (Wildman–Crippen LogP) is 4.72. The van der Waals surface area contributed by atoms with E-state index in [1.165, 1.54) is 5.56 Å². The van der Waals surface area contributed by atoms with Gasteiger partial charge in [-0.15, -0.1) is 0 Å². The van der Waals surface area contributed by atoms with Crippen LogP contribution >= 0.6 is 0 Å². The van der Waals surface area contributed by atoms with E-state index in [9.17, 15) is 4.79 Å². The molecule has 0 aliphatic rings. The van der Waals surface area contributed by atoms with Crippen LogP contribution in [0.1, 0.15) is 35.6 Å². The normalized spacial score (nSPS) is 11.9. The maximum Gasteiger partial charge on any atom is 0.265 e. The van der Waals surface area contributed by atoms with Crippen LogP contribution in [-0.4, -0.2) is 12.0 Å². The van der Waals surface area contributed by atoms with Crippen LogP contribution in [-0.2, 0) is 4.79 Å². The number of hydrogen-bond donors (Lipinski definition) is 1. The van der Waals surface area contributed by atoms with E-state index in [1.54, 1.807) is 0 Å². The number of carbonyl (C=O) groups excluding carboxylic acids is 1. The molecule has 0 aromatic heterocycles. The largest absolute Gasteiger partial charge is 0.480 e. The highest BCUT2D eigenvalue weighted by molar-refractivity contribution is 5.95. The van der Waals surface area contributed by atoms with Gasteiger partial charge in [0.05, 0.1) is 0 Å². The summed E-state index contributed by atoms with van der Waals surface area (Å²) in [6.45, 7) is 10.0. The van der Waals surface area contributed by atoms with Crippen molar-refractivity contribution in [3.05, 3.63) is 58.7 Å². The van der Waals surface area contributed by atoms with Gasteiger partial charge in [0.15, 0.2) is 6.10 Å². The van der Waals surface area contributed by atoms with Crippen molar-refractivity contribution in [3.8, 4) is 5.75 Å². The quantitative estimate of drug-likeness (QED) is 0.868. The Morgan fingerprint density at radius 2 is 1.83 bits per heavy atom. The molecule has 0 bridgehead atoms. The molecule has 2 aromatic rings. The summed E-state index contributed by atoms with van der Waals surface area (Å²) in [4.78, 5) is 12.5. The molecular formula is C20H25NO2. The number of benzene rings is 2. The Kier molecular flexibility index (Phi) is 5.43. The molecule has 1 atom stereocenters. The number of hydrogen-bond acceptors (Lipinski definition) is 2. The van der Waals surface area contributed by atoms with E-state index in [0.717, 1.165) is 28.1 Å². The Bertz CT molecular complexity index is 707. The Morgan fingerprint density at radius 1 is 1.09 bits per heavy atom. The maximum atomic E-state index is 12.5. The number of carbonyl (C=O) groups is 1. The molecule has 23 heavy (non-hydrogen) atoms. The summed E-state index contributed by atoms with van der Waals surface area (Å²) in [5, 5.41) is 2.98. The molecule has 0 saturated heterocycles. The van der Waals surface area contributed by atoms with Crippen molar-refractivity contribution in [1.29, 1.82) is 0 Å². The molecule has 122 valence electrons. The Morgan fingerprint density at radius 3 is 2.48 bits per heavy atom. The minimum Gasteiger partial charge on any atom is -0.480 e. The minimum atomic E-state index is -0.504. The minimum absolute atomic E-state index is 0.111. The van der Waals surface area contributed by atoms with E-state index in [2.05, 4.69) is 11.4 Å². The molecule has 0 radical (unpaired) electrons. The van der Waals surface area contributed by atoms with Gasteiger partial charge in [-0.25, -0.2) is 0 Å². The average molecular weight is 311 g/mol. The number of amides is 1. The highest BCUT2D eigenvalue weighted by atomic mass is 16.5. The zero-order valence-corrected chi connectivity index (χ0v) is 14.6. The molecule has 2 rings (SSSR count). The van der Waals surface area contributed by atoms with Crippen LogP contribution in [0.15, 0.2) is 36.4 Å². The number of nitrogens with one attached hydrogen (secondary N) is 1. The fourth-order valence-electron chi connectivity index (χ4n) is 2.49. The van der Waals surface area contributed by atoms with Gasteiger partial charge < -0.3 is 10.1 Å². The lowest BCUT2D eigenvalue weighted by Crippen LogP contribution is -2.32. The third kappa shape index (κ3) is 4.13. The van der Waals surface area contributed by atoms with Crippen LogP contribution in [0.25, 0.3) is 0 Å². The third-order valence-corrected chi connectivity index (χ3v) is 4.13. The van der Waals surface area contributed by atoms with Gasteiger partial charge in [0.25, 0.3) is 5.91 Å². The van der Waals surface area contributed by atoms with Crippen molar-refractivity contribution in [3.63, 3.8) is 0 Å². The molecule has 2 aromatic carbocycles. The van der Waals surface area contributed by atoms with Crippen molar-refractivity contribution in [2.45, 2.75) is 47.1 Å². The van der Waals surface area contributed by atoms with Crippen molar-refractivity contribution in [1.82, 2.24) is 0 Å². The van der Waals surface area contributed by atoms with Gasteiger partial charge in [0.2, 0.25) is 0 Å². The van der Waals surface area contributed by atoms with E-state index < -0.39 is 6.10 Å². The van der Waals surface area contributed by atoms with E-state index in [4.69, 9.17) is 4.74 Å². The van der Waals surface area contributed by atoms with Crippen LogP contribution < -0.4 is 10.1 Å². The van der Waals surface area contributed by atoms with Gasteiger partial charge in [-0.3, -0.25) is 4.79 Å². The van der Waals surface area contributed by atoms with Gasteiger partial charge in [0.1, 0.15) is 5.75 Å². The van der Waals surface area contributed by atoms with E-state index in [0.29, 0.717) is 6.42 Å². The number of ether oxygens (including phenoxy) is 1. The van der Waals surface area contributed by atoms with Gasteiger partial charge in [-0.05, 0) is 62.9 Å². The molecule has 0 aliphatic heterocycles. The second-order valence-electron chi connectivity index (χ2n) is 6.02. The van der Waals surface area contributed by atoms with Crippen molar-refractivity contribution >= 4 is 11.6 Å². The molecular weight excluding hydrogens is 286 g/mol. The highest BCUT2D eigenvalue weighted by Gasteiger charge is 2.20. The zero-order valence-electron chi connectivity index (χ0n) is 14.6. The van der Waals surface area contributed by atoms with Gasteiger partial charge in [-0.1, -0.05) is 36.8 Å². The fourth-order valence-corrected chi connectivity index (χ4v) is 2.49. The first-order chi connectivity index (χ1) is 10.9. The molecule has 0 unspecified atom stereocenters. The molecule has 3 heteroatoms.